The zero-order valence-electron chi connectivity index (χ0n) is 10.6. The van der Waals surface area contributed by atoms with Gasteiger partial charge in [-0.25, -0.2) is 0 Å². The number of ether oxygens (including phenoxy) is 1. The summed E-state index contributed by atoms with van der Waals surface area (Å²) < 4.78 is 40.4. The van der Waals surface area contributed by atoms with Crippen LogP contribution in [0.4, 0.5) is 18.9 Å². The third-order valence-electron chi connectivity index (χ3n) is 3.08. The van der Waals surface area contributed by atoms with Gasteiger partial charge >= 0.3 is 6.36 Å². The molecule has 0 saturated carbocycles. The van der Waals surface area contributed by atoms with Crippen molar-refractivity contribution in [3.05, 3.63) is 23.8 Å². The zero-order valence-corrected chi connectivity index (χ0v) is 10.6. The lowest BCUT2D eigenvalue weighted by Gasteiger charge is -2.37. The summed E-state index contributed by atoms with van der Waals surface area (Å²) in [5, 5.41) is 3.25. The summed E-state index contributed by atoms with van der Waals surface area (Å²) in [6, 6.07) is 4.48. The Morgan fingerprint density at radius 3 is 2.61 bits per heavy atom. The molecule has 1 aliphatic rings. The van der Waals surface area contributed by atoms with E-state index in [1.165, 1.54) is 12.1 Å². The van der Waals surface area contributed by atoms with Crippen LogP contribution in [0, 0.1) is 0 Å². The third-order valence-corrected chi connectivity index (χ3v) is 3.08. The van der Waals surface area contributed by atoms with E-state index in [4.69, 9.17) is 0 Å². The number of nitrogens with one attached hydrogen (secondary N) is 1. The van der Waals surface area contributed by atoms with Gasteiger partial charge in [0.05, 0.1) is 0 Å². The van der Waals surface area contributed by atoms with Gasteiger partial charge in [0.2, 0.25) is 0 Å². The summed E-state index contributed by atoms with van der Waals surface area (Å²) in [6.07, 6.45) is -3.70. The zero-order chi connectivity index (χ0) is 13.6. The van der Waals surface area contributed by atoms with Crippen LogP contribution >= 0.6 is 0 Å². The molecule has 0 aliphatic carbocycles. The minimum absolute atomic E-state index is 0.122. The maximum Gasteiger partial charge on any atom is 0.573 e. The number of alkyl halides is 3. The molecule has 0 fully saturated rings. The lowest BCUT2D eigenvalue weighted by Crippen LogP contribution is -2.36. The molecule has 0 radical (unpaired) electrons. The molecule has 1 atom stereocenters. The highest BCUT2D eigenvalue weighted by atomic mass is 19.4. The number of hydrogen-bond donors (Lipinski definition) is 1. The van der Waals surface area contributed by atoms with Gasteiger partial charge in [0.1, 0.15) is 5.75 Å². The number of fused-ring (bicyclic) bond motifs is 1. The Morgan fingerprint density at radius 2 is 2.00 bits per heavy atom. The SMILES string of the molecule is CC1CC(C)(C)Nc2cc(OC(F)(F)F)ccc21. The molecule has 1 aromatic carbocycles. The van der Waals surface area contributed by atoms with Gasteiger partial charge in [-0.3, -0.25) is 0 Å². The van der Waals surface area contributed by atoms with Crippen LogP contribution in [-0.4, -0.2) is 11.9 Å². The van der Waals surface area contributed by atoms with Gasteiger partial charge < -0.3 is 10.1 Å². The summed E-state index contributed by atoms with van der Waals surface area (Å²) in [6.45, 7) is 6.14. The molecular formula is C13H16F3NO. The standard InChI is InChI=1S/C13H16F3NO/c1-8-7-12(2,3)17-11-6-9(4-5-10(8)11)18-13(14,15)16/h4-6,8,17H,7H2,1-3H3. The minimum atomic E-state index is -4.65. The van der Waals surface area contributed by atoms with Gasteiger partial charge in [0.15, 0.2) is 0 Å². The van der Waals surface area contributed by atoms with Gasteiger partial charge in [0, 0.05) is 17.3 Å². The predicted octanol–water partition coefficient (Wildman–Crippen LogP) is 4.28. The Bertz CT molecular complexity index is 454. The number of hydrogen-bond acceptors (Lipinski definition) is 2. The van der Waals surface area contributed by atoms with E-state index < -0.39 is 6.36 Å². The van der Waals surface area contributed by atoms with Gasteiger partial charge in [-0.1, -0.05) is 13.0 Å². The van der Waals surface area contributed by atoms with Crippen molar-refractivity contribution in [3.8, 4) is 5.75 Å². The van der Waals surface area contributed by atoms with E-state index in [2.05, 4.69) is 17.0 Å². The van der Waals surface area contributed by atoms with Crippen LogP contribution < -0.4 is 10.1 Å². The van der Waals surface area contributed by atoms with E-state index in [1.54, 1.807) is 6.07 Å². The van der Waals surface area contributed by atoms with Crippen LogP contribution in [0.25, 0.3) is 0 Å². The average molecular weight is 259 g/mol. The van der Waals surface area contributed by atoms with Crippen molar-refractivity contribution in [2.75, 3.05) is 5.32 Å². The van der Waals surface area contributed by atoms with Crippen molar-refractivity contribution >= 4 is 5.69 Å². The molecule has 1 N–H and O–H groups in total. The Kier molecular flexibility index (Phi) is 2.95. The van der Waals surface area contributed by atoms with Crippen LogP contribution in [0.2, 0.25) is 0 Å². The Morgan fingerprint density at radius 1 is 1.33 bits per heavy atom. The molecule has 18 heavy (non-hydrogen) atoms. The molecule has 5 heteroatoms. The monoisotopic (exact) mass is 259 g/mol. The lowest BCUT2D eigenvalue weighted by molar-refractivity contribution is -0.274. The normalized spacial score (nSPS) is 22.0. The molecule has 0 saturated heterocycles. The van der Waals surface area contributed by atoms with E-state index in [0.717, 1.165) is 17.7 Å². The first-order valence-electron chi connectivity index (χ1n) is 5.84. The highest BCUT2D eigenvalue weighted by Crippen LogP contribution is 2.40. The number of rotatable bonds is 1. The molecule has 2 nitrogen and oxygen atoms in total. The highest BCUT2D eigenvalue weighted by molar-refractivity contribution is 5.60. The first kappa shape index (κ1) is 13.1. The summed E-state index contributed by atoms with van der Waals surface area (Å²) in [5.41, 5.74) is 1.63. The molecular weight excluding hydrogens is 243 g/mol. The predicted molar refractivity (Wildman–Crippen MR) is 63.9 cm³/mol. The summed E-state index contributed by atoms with van der Waals surface area (Å²) >= 11 is 0. The molecule has 0 bridgehead atoms. The Labute approximate surface area is 104 Å². The van der Waals surface area contributed by atoms with Crippen LogP contribution in [0.5, 0.6) is 5.75 Å². The first-order chi connectivity index (χ1) is 8.16. The fraction of sp³-hybridized carbons (Fsp3) is 0.538. The number of halogens is 3. The number of benzene rings is 1. The summed E-state index contributed by atoms with van der Waals surface area (Å²) in [7, 11) is 0. The molecule has 1 unspecified atom stereocenters. The van der Waals surface area contributed by atoms with Gasteiger partial charge in [0.25, 0.3) is 0 Å². The van der Waals surface area contributed by atoms with Gasteiger partial charge in [-0.15, -0.1) is 13.2 Å². The van der Waals surface area contributed by atoms with Crippen LogP contribution in [0.3, 0.4) is 0 Å². The van der Waals surface area contributed by atoms with E-state index in [1.807, 2.05) is 13.8 Å². The van der Waals surface area contributed by atoms with Crippen LogP contribution in [0.15, 0.2) is 18.2 Å². The molecule has 0 spiro atoms. The molecule has 2 rings (SSSR count). The Hall–Kier alpha value is -1.39. The molecule has 1 aromatic rings. The van der Waals surface area contributed by atoms with E-state index in [0.29, 0.717) is 5.92 Å². The van der Waals surface area contributed by atoms with Crippen LogP contribution in [0.1, 0.15) is 38.7 Å². The fourth-order valence-corrected chi connectivity index (χ4v) is 2.56. The first-order valence-corrected chi connectivity index (χ1v) is 5.84. The van der Waals surface area contributed by atoms with Crippen molar-refractivity contribution in [3.63, 3.8) is 0 Å². The maximum absolute atomic E-state index is 12.2. The maximum atomic E-state index is 12.2. The van der Waals surface area contributed by atoms with Crippen molar-refractivity contribution in [1.82, 2.24) is 0 Å². The molecule has 0 amide bonds. The van der Waals surface area contributed by atoms with E-state index in [-0.39, 0.29) is 11.3 Å². The molecule has 1 heterocycles. The van der Waals surface area contributed by atoms with Crippen LogP contribution in [-0.2, 0) is 0 Å². The van der Waals surface area contributed by atoms with Crippen molar-refractivity contribution in [2.45, 2.75) is 45.0 Å². The number of anilines is 1. The summed E-state index contributed by atoms with van der Waals surface area (Å²) in [4.78, 5) is 0. The minimum Gasteiger partial charge on any atom is -0.406 e. The molecule has 1 aliphatic heterocycles. The smallest absolute Gasteiger partial charge is 0.406 e. The van der Waals surface area contributed by atoms with Crippen molar-refractivity contribution < 1.29 is 17.9 Å². The highest BCUT2D eigenvalue weighted by Gasteiger charge is 2.33. The fourth-order valence-electron chi connectivity index (χ4n) is 2.56. The molecule has 0 aromatic heterocycles. The van der Waals surface area contributed by atoms with Crippen molar-refractivity contribution in [1.29, 1.82) is 0 Å². The second kappa shape index (κ2) is 4.07. The lowest BCUT2D eigenvalue weighted by atomic mass is 9.82. The van der Waals surface area contributed by atoms with Gasteiger partial charge in [-0.2, -0.15) is 0 Å². The van der Waals surface area contributed by atoms with Gasteiger partial charge in [-0.05, 0) is 37.8 Å². The second-order valence-corrected chi connectivity index (χ2v) is 5.41. The quantitative estimate of drug-likeness (QED) is 0.812. The Balaban J connectivity index is 2.31. The largest absolute Gasteiger partial charge is 0.573 e. The third kappa shape index (κ3) is 2.89. The summed E-state index contributed by atoms with van der Waals surface area (Å²) in [5.74, 6) is 0.134. The van der Waals surface area contributed by atoms with Crippen molar-refractivity contribution in [2.24, 2.45) is 0 Å². The van der Waals surface area contributed by atoms with E-state index in [9.17, 15) is 13.2 Å². The second-order valence-electron chi connectivity index (χ2n) is 5.41. The average Bonchev–Trinajstić information content (AvgIpc) is 2.11. The topological polar surface area (TPSA) is 21.3 Å². The molecule has 100 valence electrons. The van der Waals surface area contributed by atoms with E-state index >= 15 is 0 Å².